The van der Waals surface area contributed by atoms with Crippen molar-refractivity contribution in [3.63, 3.8) is 0 Å². The van der Waals surface area contributed by atoms with E-state index in [-0.39, 0.29) is 5.91 Å². The Bertz CT molecular complexity index is 680. The van der Waals surface area contributed by atoms with Gasteiger partial charge >= 0.3 is 0 Å². The van der Waals surface area contributed by atoms with Gasteiger partial charge in [0.2, 0.25) is 5.91 Å². The normalized spacial score (nSPS) is 14.7. The number of amides is 1. The first-order valence-electron chi connectivity index (χ1n) is 9.14. The summed E-state index contributed by atoms with van der Waals surface area (Å²) >= 11 is 1.51. The third-order valence-electron chi connectivity index (χ3n) is 4.62. The van der Waals surface area contributed by atoms with Crippen LogP contribution in [0, 0.1) is 0 Å². The fourth-order valence-electron chi connectivity index (χ4n) is 3.19. The van der Waals surface area contributed by atoms with Crippen LogP contribution in [0.25, 0.3) is 0 Å². The molecule has 0 N–H and O–H groups in total. The molecule has 1 aromatic heterocycles. The summed E-state index contributed by atoms with van der Waals surface area (Å²) in [5, 5.41) is 9.54. The van der Waals surface area contributed by atoms with Crippen molar-refractivity contribution >= 4 is 17.7 Å². The van der Waals surface area contributed by atoms with Gasteiger partial charge in [0.25, 0.3) is 0 Å². The highest BCUT2D eigenvalue weighted by atomic mass is 32.2. The van der Waals surface area contributed by atoms with E-state index in [9.17, 15) is 4.79 Å². The van der Waals surface area contributed by atoms with Crippen LogP contribution in [0.15, 0.2) is 35.5 Å². The van der Waals surface area contributed by atoms with Crippen LogP contribution in [0.4, 0.5) is 0 Å². The number of aryl methyl sites for hydroxylation is 2. The minimum absolute atomic E-state index is 0.223. The predicted octanol–water partition coefficient (Wildman–Crippen LogP) is 3.19. The molecule has 1 amide bonds. The smallest absolute Gasteiger partial charge is 0.233 e. The minimum Gasteiger partial charge on any atom is -0.342 e. The largest absolute Gasteiger partial charge is 0.342 e. The van der Waals surface area contributed by atoms with Crippen molar-refractivity contribution in [2.75, 3.05) is 18.8 Å². The van der Waals surface area contributed by atoms with Gasteiger partial charge in [0.05, 0.1) is 5.75 Å². The predicted molar refractivity (Wildman–Crippen MR) is 101 cm³/mol. The van der Waals surface area contributed by atoms with Gasteiger partial charge in [-0.05, 0) is 38.2 Å². The first-order valence-corrected chi connectivity index (χ1v) is 10.1. The van der Waals surface area contributed by atoms with Crippen molar-refractivity contribution in [1.82, 2.24) is 19.7 Å². The highest BCUT2D eigenvalue weighted by molar-refractivity contribution is 7.99. The van der Waals surface area contributed by atoms with Gasteiger partial charge in [0.1, 0.15) is 5.82 Å². The number of nitrogens with zero attached hydrogens (tertiary/aromatic N) is 4. The van der Waals surface area contributed by atoms with Crippen LogP contribution in [-0.2, 0) is 24.2 Å². The maximum atomic E-state index is 12.3. The van der Waals surface area contributed by atoms with Crippen LogP contribution in [0.3, 0.4) is 0 Å². The number of hydrogen-bond donors (Lipinski definition) is 0. The molecule has 5 nitrogen and oxygen atoms in total. The third kappa shape index (κ3) is 4.84. The molecule has 1 aliphatic heterocycles. The number of likely N-dealkylation sites (tertiary alicyclic amines) is 1. The van der Waals surface area contributed by atoms with Crippen molar-refractivity contribution in [1.29, 1.82) is 0 Å². The second kappa shape index (κ2) is 9.04. The highest BCUT2D eigenvalue weighted by Crippen LogP contribution is 2.20. The lowest BCUT2D eigenvalue weighted by Crippen LogP contribution is -2.36. The molecule has 1 saturated heterocycles. The van der Waals surface area contributed by atoms with Crippen molar-refractivity contribution < 1.29 is 4.79 Å². The lowest BCUT2D eigenvalue weighted by atomic mass is 10.1. The molecule has 0 unspecified atom stereocenters. The van der Waals surface area contributed by atoms with E-state index in [0.717, 1.165) is 56.3 Å². The maximum absolute atomic E-state index is 12.3. The summed E-state index contributed by atoms with van der Waals surface area (Å²) in [7, 11) is 0. The zero-order valence-corrected chi connectivity index (χ0v) is 15.7. The lowest BCUT2D eigenvalue weighted by Gasteiger charge is -2.26. The molecule has 0 aliphatic carbocycles. The number of piperidine rings is 1. The molecule has 25 heavy (non-hydrogen) atoms. The second-order valence-corrected chi connectivity index (χ2v) is 7.30. The van der Waals surface area contributed by atoms with Gasteiger partial charge in [-0.2, -0.15) is 0 Å². The summed E-state index contributed by atoms with van der Waals surface area (Å²) in [6.07, 6.45) is 5.32. The Morgan fingerprint density at radius 1 is 1.08 bits per heavy atom. The van der Waals surface area contributed by atoms with Gasteiger partial charge < -0.3 is 9.47 Å². The van der Waals surface area contributed by atoms with Crippen LogP contribution in [0.1, 0.15) is 37.6 Å². The minimum atomic E-state index is 0.223. The molecule has 2 heterocycles. The van der Waals surface area contributed by atoms with E-state index in [1.165, 1.54) is 23.7 Å². The Balaban J connectivity index is 1.56. The quantitative estimate of drug-likeness (QED) is 0.713. The topological polar surface area (TPSA) is 51.0 Å². The van der Waals surface area contributed by atoms with E-state index in [1.54, 1.807) is 0 Å². The summed E-state index contributed by atoms with van der Waals surface area (Å²) in [6, 6.07) is 10.4. The Kier molecular flexibility index (Phi) is 6.50. The van der Waals surface area contributed by atoms with Gasteiger partial charge in [-0.15, -0.1) is 10.2 Å². The van der Waals surface area contributed by atoms with E-state index in [4.69, 9.17) is 0 Å². The summed E-state index contributed by atoms with van der Waals surface area (Å²) < 4.78 is 2.14. The maximum Gasteiger partial charge on any atom is 0.233 e. The molecule has 0 spiro atoms. The Morgan fingerprint density at radius 3 is 2.56 bits per heavy atom. The van der Waals surface area contributed by atoms with Crippen LogP contribution in [0.5, 0.6) is 0 Å². The van der Waals surface area contributed by atoms with Gasteiger partial charge in [-0.1, -0.05) is 42.1 Å². The SMILES string of the molecule is CCn1c(CCc2ccccc2)nnc1SCC(=O)N1CCCCC1. The van der Waals surface area contributed by atoms with Crippen LogP contribution >= 0.6 is 11.8 Å². The molecular weight excluding hydrogens is 332 g/mol. The lowest BCUT2D eigenvalue weighted by molar-refractivity contribution is -0.129. The van der Waals surface area contributed by atoms with E-state index >= 15 is 0 Å². The van der Waals surface area contributed by atoms with E-state index < -0.39 is 0 Å². The highest BCUT2D eigenvalue weighted by Gasteiger charge is 2.18. The standard InChI is InChI=1S/C19H26N4OS/c1-2-23-17(12-11-16-9-5-3-6-10-16)20-21-19(23)25-15-18(24)22-13-7-4-8-14-22/h3,5-6,9-10H,2,4,7-8,11-15H2,1H3. The van der Waals surface area contributed by atoms with Crippen LogP contribution in [-0.4, -0.2) is 44.4 Å². The molecule has 6 heteroatoms. The molecule has 0 atom stereocenters. The average Bonchev–Trinajstić information content (AvgIpc) is 3.07. The van der Waals surface area contributed by atoms with Crippen molar-refractivity contribution in [2.24, 2.45) is 0 Å². The van der Waals surface area contributed by atoms with Crippen LogP contribution in [0.2, 0.25) is 0 Å². The fourth-order valence-corrected chi connectivity index (χ4v) is 4.11. The van der Waals surface area contributed by atoms with Crippen molar-refractivity contribution in [2.45, 2.75) is 50.7 Å². The Morgan fingerprint density at radius 2 is 1.84 bits per heavy atom. The molecule has 0 bridgehead atoms. The van der Waals surface area contributed by atoms with Crippen molar-refractivity contribution in [3.8, 4) is 0 Å². The third-order valence-corrected chi connectivity index (χ3v) is 5.57. The first-order chi connectivity index (χ1) is 12.3. The average molecular weight is 359 g/mol. The number of thioether (sulfide) groups is 1. The number of aromatic nitrogens is 3. The zero-order valence-electron chi connectivity index (χ0n) is 14.9. The molecule has 1 aromatic carbocycles. The molecule has 1 aliphatic rings. The molecule has 2 aromatic rings. The van der Waals surface area contributed by atoms with Gasteiger partial charge in [0, 0.05) is 26.1 Å². The zero-order chi connectivity index (χ0) is 17.5. The van der Waals surface area contributed by atoms with Crippen LogP contribution < -0.4 is 0 Å². The molecule has 3 rings (SSSR count). The summed E-state index contributed by atoms with van der Waals surface area (Å²) in [4.78, 5) is 14.3. The van der Waals surface area contributed by atoms with Gasteiger partial charge in [-0.3, -0.25) is 4.79 Å². The Hall–Kier alpha value is -1.82. The number of hydrogen-bond acceptors (Lipinski definition) is 4. The second-order valence-electron chi connectivity index (χ2n) is 6.36. The molecule has 0 saturated carbocycles. The van der Waals surface area contributed by atoms with E-state index in [1.807, 2.05) is 11.0 Å². The number of benzene rings is 1. The molecule has 1 fully saturated rings. The number of carbonyl (C=O) groups is 1. The summed E-state index contributed by atoms with van der Waals surface area (Å²) in [6.45, 7) is 4.74. The molecule has 134 valence electrons. The van der Waals surface area contributed by atoms with Gasteiger partial charge in [-0.25, -0.2) is 0 Å². The number of carbonyl (C=O) groups excluding carboxylic acids is 1. The van der Waals surface area contributed by atoms with E-state index in [0.29, 0.717) is 5.75 Å². The summed E-state index contributed by atoms with van der Waals surface area (Å²) in [5.41, 5.74) is 1.31. The van der Waals surface area contributed by atoms with E-state index in [2.05, 4.69) is 46.0 Å². The summed E-state index contributed by atoms with van der Waals surface area (Å²) in [5.74, 6) is 1.68. The monoisotopic (exact) mass is 358 g/mol. The van der Waals surface area contributed by atoms with Gasteiger partial charge in [0.15, 0.2) is 5.16 Å². The Labute approximate surface area is 153 Å². The fraction of sp³-hybridized carbons (Fsp3) is 0.526. The first kappa shape index (κ1) is 18.0. The number of rotatable bonds is 7. The van der Waals surface area contributed by atoms with Crippen molar-refractivity contribution in [3.05, 3.63) is 41.7 Å². The molecule has 0 radical (unpaired) electrons. The molecular formula is C19H26N4OS.